The van der Waals surface area contributed by atoms with Crippen molar-refractivity contribution in [1.29, 1.82) is 0 Å². The molecule has 1 aromatic carbocycles. The average Bonchev–Trinajstić information content (AvgIpc) is 2.36. The first-order valence-electron chi connectivity index (χ1n) is 5.99. The van der Waals surface area contributed by atoms with Crippen molar-refractivity contribution in [2.75, 3.05) is 18.4 Å². The molecule has 0 heterocycles. The van der Waals surface area contributed by atoms with Crippen molar-refractivity contribution >= 4 is 17.3 Å². The molecule has 6 nitrogen and oxygen atoms in total. The summed E-state index contributed by atoms with van der Waals surface area (Å²) in [5, 5.41) is 16.1. The van der Waals surface area contributed by atoms with Crippen molar-refractivity contribution in [2.24, 2.45) is 0 Å². The molecule has 1 aromatic rings. The Kier molecular flexibility index (Phi) is 5.72. The number of nitrogens with zero attached hydrogens (tertiary/aromatic N) is 1. The molecule has 0 bridgehead atoms. The van der Waals surface area contributed by atoms with Crippen LogP contribution in [0.4, 0.5) is 15.8 Å². The molecule has 0 aromatic heterocycles. The molecule has 0 atom stereocenters. The number of amides is 1. The van der Waals surface area contributed by atoms with Crippen LogP contribution in [0.15, 0.2) is 18.2 Å². The van der Waals surface area contributed by atoms with Gasteiger partial charge < -0.3 is 10.6 Å². The summed E-state index contributed by atoms with van der Waals surface area (Å²) in [6.07, 6.45) is 1.02. The van der Waals surface area contributed by atoms with Crippen LogP contribution < -0.4 is 10.6 Å². The zero-order valence-electron chi connectivity index (χ0n) is 10.6. The SMILES string of the molecule is CCCNC(=O)CCNc1cc(F)ccc1[N+](=O)[O-]. The lowest BCUT2D eigenvalue weighted by Crippen LogP contribution is -2.25. The maximum Gasteiger partial charge on any atom is 0.292 e. The Morgan fingerprint density at radius 2 is 2.16 bits per heavy atom. The standard InChI is InChI=1S/C12H16FN3O3/c1-2-6-15-12(17)5-7-14-10-8-9(13)3-4-11(10)16(18)19/h3-4,8,14H,2,5-7H2,1H3,(H,15,17). The highest BCUT2D eigenvalue weighted by Gasteiger charge is 2.14. The van der Waals surface area contributed by atoms with E-state index in [4.69, 9.17) is 0 Å². The van der Waals surface area contributed by atoms with Gasteiger partial charge in [0.05, 0.1) is 4.92 Å². The van der Waals surface area contributed by atoms with Gasteiger partial charge in [-0.2, -0.15) is 0 Å². The van der Waals surface area contributed by atoms with Crippen LogP contribution in [0.25, 0.3) is 0 Å². The Hall–Kier alpha value is -2.18. The van der Waals surface area contributed by atoms with Crippen molar-refractivity contribution in [2.45, 2.75) is 19.8 Å². The molecule has 1 rings (SSSR count). The number of halogens is 1. The van der Waals surface area contributed by atoms with E-state index in [1.54, 1.807) is 0 Å². The molecule has 0 fully saturated rings. The molecule has 0 radical (unpaired) electrons. The first kappa shape index (κ1) is 14.9. The van der Waals surface area contributed by atoms with Gasteiger partial charge in [0.25, 0.3) is 5.69 Å². The second-order valence-electron chi connectivity index (χ2n) is 3.95. The number of hydrogen-bond acceptors (Lipinski definition) is 4. The molecule has 0 aliphatic heterocycles. The van der Waals surface area contributed by atoms with Gasteiger partial charge in [0.2, 0.25) is 5.91 Å². The Morgan fingerprint density at radius 1 is 1.42 bits per heavy atom. The number of benzene rings is 1. The lowest BCUT2D eigenvalue weighted by Gasteiger charge is -2.07. The molecule has 19 heavy (non-hydrogen) atoms. The van der Waals surface area contributed by atoms with E-state index in [1.165, 1.54) is 0 Å². The Bertz CT molecular complexity index is 466. The summed E-state index contributed by atoms with van der Waals surface area (Å²) in [5.74, 6) is -0.711. The Morgan fingerprint density at radius 3 is 2.79 bits per heavy atom. The number of hydrogen-bond donors (Lipinski definition) is 2. The number of carbonyl (C=O) groups excluding carboxylic acids is 1. The van der Waals surface area contributed by atoms with E-state index in [9.17, 15) is 19.3 Å². The summed E-state index contributed by atoms with van der Waals surface area (Å²) in [5.41, 5.74) is -0.136. The maximum atomic E-state index is 13.0. The molecule has 7 heteroatoms. The Labute approximate surface area is 110 Å². The monoisotopic (exact) mass is 269 g/mol. The summed E-state index contributed by atoms with van der Waals surface area (Å²) in [6, 6.07) is 3.16. The molecule has 0 unspecified atom stereocenters. The van der Waals surface area contributed by atoms with Crippen LogP contribution >= 0.6 is 0 Å². The van der Waals surface area contributed by atoms with Gasteiger partial charge in [0, 0.05) is 31.6 Å². The van der Waals surface area contributed by atoms with Gasteiger partial charge >= 0.3 is 0 Å². The average molecular weight is 269 g/mol. The highest BCUT2D eigenvalue weighted by atomic mass is 19.1. The zero-order valence-corrected chi connectivity index (χ0v) is 10.6. The first-order chi connectivity index (χ1) is 9.04. The van der Waals surface area contributed by atoms with Crippen molar-refractivity contribution in [1.82, 2.24) is 5.32 Å². The fourth-order valence-electron chi connectivity index (χ4n) is 1.47. The molecular weight excluding hydrogens is 253 g/mol. The van der Waals surface area contributed by atoms with E-state index >= 15 is 0 Å². The number of nitrogens with one attached hydrogen (secondary N) is 2. The molecule has 1 amide bonds. The lowest BCUT2D eigenvalue weighted by atomic mass is 10.2. The van der Waals surface area contributed by atoms with E-state index in [1.807, 2.05) is 6.92 Å². The fraction of sp³-hybridized carbons (Fsp3) is 0.417. The molecule has 2 N–H and O–H groups in total. The topological polar surface area (TPSA) is 84.3 Å². The summed E-state index contributed by atoms with van der Waals surface area (Å²) in [4.78, 5) is 21.5. The molecule has 0 aliphatic carbocycles. The predicted molar refractivity (Wildman–Crippen MR) is 69.5 cm³/mol. The van der Waals surface area contributed by atoms with Gasteiger partial charge in [-0.15, -0.1) is 0 Å². The third-order valence-corrected chi connectivity index (χ3v) is 2.39. The Balaban J connectivity index is 2.55. The molecule has 0 saturated carbocycles. The summed E-state index contributed by atoms with van der Waals surface area (Å²) in [6.45, 7) is 2.74. The molecule has 0 spiro atoms. The quantitative estimate of drug-likeness (QED) is 0.586. The minimum absolute atomic E-state index is 0.0771. The second-order valence-corrected chi connectivity index (χ2v) is 3.95. The lowest BCUT2D eigenvalue weighted by molar-refractivity contribution is -0.384. The normalized spacial score (nSPS) is 10.0. The smallest absolute Gasteiger partial charge is 0.292 e. The van der Waals surface area contributed by atoms with Crippen LogP contribution in [0.5, 0.6) is 0 Å². The van der Waals surface area contributed by atoms with E-state index in [0.29, 0.717) is 6.54 Å². The molecular formula is C12H16FN3O3. The van der Waals surface area contributed by atoms with E-state index in [0.717, 1.165) is 24.6 Å². The third kappa shape index (κ3) is 4.90. The van der Waals surface area contributed by atoms with E-state index in [-0.39, 0.29) is 30.2 Å². The number of anilines is 1. The summed E-state index contributed by atoms with van der Waals surface area (Å²) < 4.78 is 13.0. The van der Waals surface area contributed by atoms with Gasteiger partial charge in [0.1, 0.15) is 11.5 Å². The van der Waals surface area contributed by atoms with Gasteiger partial charge in [0.15, 0.2) is 0 Å². The maximum absolute atomic E-state index is 13.0. The van der Waals surface area contributed by atoms with Crippen LogP contribution in [0.1, 0.15) is 19.8 Å². The van der Waals surface area contributed by atoms with Gasteiger partial charge in [-0.25, -0.2) is 4.39 Å². The number of nitro benzene ring substituents is 1. The number of nitro groups is 1. The number of rotatable bonds is 7. The van der Waals surface area contributed by atoms with E-state index in [2.05, 4.69) is 10.6 Å². The van der Waals surface area contributed by atoms with Gasteiger partial charge in [-0.05, 0) is 12.5 Å². The van der Waals surface area contributed by atoms with Crippen molar-refractivity contribution < 1.29 is 14.1 Å². The number of carbonyl (C=O) groups is 1. The van der Waals surface area contributed by atoms with Crippen molar-refractivity contribution in [3.05, 3.63) is 34.1 Å². The van der Waals surface area contributed by atoms with E-state index < -0.39 is 10.7 Å². The van der Waals surface area contributed by atoms with Crippen molar-refractivity contribution in [3.63, 3.8) is 0 Å². The molecule has 104 valence electrons. The zero-order chi connectivity index (χ0) is 14.3. The van der Waals surface area contributed by atoms with Crippen LogP contribution in [-0.4, -0.2) is 23.9 Å². The minimum atomic E-state index is -0.598. The van der Waals surface area contributed by atoms with Crippen LogP contribution in [0.3, 0.4) is 0 Å². The third-order valence-electron chi connectivity index (χ3n) is 2.39. The first-order valence-corrected chi connectivity index (χ1v) is 5.99. The second kappa shape index (κ2) is 7.30. The molecule has 0 saturated heterocycles. The largest absolute Gasteiger partial charge is 0.379 e. The highest BCUT2D eigenvalue weighted by molar-refractivity contribution is 5.76. The fourth-order valence-corrected chi connectivity index (χ4v) is 1.47. The predicted octanol–water partition coefficient (Wildman–Crippen LogP) is 2.06. The van der Waals surface area contributed by atoms with Gasteiger partial charge in [-0.3, -0.25) is 14.9 Å². The summed E-state index contributed by atoms with van der Waals surface area (Å²) >= 11 is 0. The summed E-state index contributed by atoms with van der Waals surface area (Å²) in [7, 11) is 0. The van der Waals surface area contributed by atoms with Crippen LogP contribution in [0.2, 0.25) is 0 Å². The molecule has 0 aliphatic rings. The van der Waals surface area contributed by atoms with Crippen molar-refractivity contribution in [3.8, 4) is 0 Å². The minimum Gasteiger partial charge on any atom is -0.379 e. The van der Waals surface area contributed by atoms with Gasteiger partial charge in [-0.1, -0.05) is 6.92 Å². The highest BCUT2D eigenvalue weighted by Crippen LogP contribution is 2.24. The van der Waals surface area contributed by atoms with Crippen LogP contribution in [0, 0.1) is 15.9 Å². The van der Waals surface area contributed by atoms with Crippen LogP contribution in [-0.2, 0) is 4.79 Å².